The summed E-state index contributed by atoms with van der Waals surface area (Å²) in [7, 11) is 0. The SMILES string of the molecule is CC1=NC(N2CC3CN(C(=O)C4CC(=O)N(c5ccccc5)C4)CC3C2)=NC(=O)C1F. The number of guanidine groups is 1. The van der Waals surface area contributed by atoms with E-state index in [-0.39, 0.29) is 47.7 Å². The number of benzene rings is 1. The number of carbonyl (C=O) groups is 3. The molecule has 0 spiro atoms. The molecule has 3 saturated heterocycles. The molecular formula is C22H24FN5O3. The molecule has 31 heavy (non-hydrogen) atoms. The molecular weight excluding hydrogens is 401 g/mol. The second-order valence-corrected chi connectivity index (χ2v) is 8.78. The number of carbonyl (C=O) groups excluding carboxylic acids is 3. The van der Waals surface area contributed by atoms with E-state index in [4.69, 9.17) is 0 Å². The maximum absolute atomic E-state index is 13.6. The molecule has 0 N–H and O–H groups in total. The Balaban J connectivity index is 1.20. The van der Waals surface area contributed by atoms with Crippen molar-refractivity contribution in [2.24, 2.45) is 27.7 Å². The number of hydrogen-bond acceptors (Lipinski definition) is 5. The van der Waals surface area contributed by atoms with Crippen molar-refractivity contribution < 1.29 is 18.8 Å². The molecule has 1 aromatic rings. The molecule has 4 atom stereocenters. The van der Waals surface area contributed by atoms with Crippen LogP contribution in [0.1, 0.15) is 13.3 Å². The normalized spacial score (nSPS) is 30.6. The number of amides is 3. The summed E-state index contributed by atoms with van der Waals surface area (Å²) >= 11 is 0. The van der Waals surface area contributed by atoms with Crippen molar-refractivity contribution in [2.75, 3.05) is 37.6 Å². The average Bonchev–Trinajstić information content (AvgIpc) is 3.44. The zero-order valence-corrected chi connectivity index (χ0v) is 17.3. The van der Waals surface area contributed by atoms with E-state index in [1.54, 1.807) is 4.90 Å². The van der Waals surface area contributed by atoms with Crippen molar-refractivity contribution >= 4 is 35.1 Å². The van der Waals surface area contributed by atoms with Gasteiger partial charge in [-0.05, 0) is 19.1 Å². The monoisotopic (exact) mass is 425 g/mol. The van der Waals surface area contributed by atoms with Crippen molar-refractivity contribution in [3.05, 3.63) is 30.3 Å². The van der Waals surface area contributed by atoms with Crippen LogP contribution in [0.4, 0.5) is 10.1 Å². The number of likely N-dealkylation sites (tertiary alicyclic amines) is 2. The van der Waals surface area contributed by atoms with Gasteiger partial charge in [-0.25, -0.2) is 9.38 Å². The van der Waals surface area contributed by atoms with E-state index in [1.807, 2.05) is 40.1 Å². The molecule has 4 heterocycles. The van der Waals surface area contributed by atoms with E-state index >= 15 is 0 Å². The number of fused-ring (bicyclic) bond motifs is 1. The van der Waals surface area contributed by atoms with Gasteiger partial charge in [0.2, 0.25) is 23.9 Å². The maximum Gasteiger partial charge on any atom is 0.289 e. The Morgan fingerprint density at radius 3 is 2.32 bits per heavy atom. The molecule has 4 aliphatic rings. The lowest BCUT2D eigenvalue weighted by Crippen LogP contribution is -2.40. The molecule has 0 bridgehead atoms. The number of halogens is 1. The molecule has 5 rings (SSSR count). The highest BCUT2D eigenvalue weighted by atomic mass is 19.1. The van der Waals surface area contributed by atoms with E-state index in [9.17, 15) is 18.8 Å². The summed E-state index contributed by atoms with van der Waals surface area (Å²) in [4.78, 5) is 50.7. The van der Waals surface area contributed by atoms with Gasteiger partial charge in [0.1, 0.15) is 0 Å². The molecule has 0 radical (unpaired) electrons. The lowest BCUT2D eigenvalue weighted by molar-refractivity contribution is -0.135. The minimum atomic E-state index is -1.75. The number of para-hydroxylation sites is 1. The van der Waals surface area contributed by atoms with Crippen molar-refractivity contribution in [3.8, 4) is 0 Å². The lowest BCUT2D eigenvalue weighted by atomic mass is 10.0. The summed E-state index contributed by atoms with van der Waals surface area (Å²) in [5.74, 6) is -0.322. The maximum atomic E-state index is 13.6. The summed E-state index contributed by atoms with van der Waals surface area (Å²) < 4.78 is 13.6. The molecule has 162 valence electrons. The van der Waals surface area contributed by atoms with Crippen LogP contribution in [0.3, 0.4) is 0 Å². The first kappa shape index (κ1) is 19.8. The standard InChI is InChI=1S/C22H24FN5O3/c1-13-19(23)20(30)25-22(24-13)27-10-15-8-26(9-16(15)11-27)21(31)14-7-18(29)28(12-14)17-5-3-2-4-6-17/h2-6,14-16,19H,7-12H2,1H3. The fourth-order valence-electron chi connectivity index (χ4n) is 5.04. The number of anilines is 1. The van der Waals surface area contributed by atoms with Crippen LogP contribution >= 0.6 is 0 Å². The molecule has 9 heteroatoms. The van der Waals surface area contributed by atoms with Crippen LogP contribution in [0.2, 0.25) is 0 Å². The average molecular weight is 425 g/mol. The molecule has 0 saturated carbocycles. The number of alkyl halides is 1. The van der Waals surface area contributed by atoms with Crippen LogP contribution in [-0.2, 0) is 14.4 Å². The Hall–Kier alpha value is -3.10. The highest BCUT2D eigenvalue weighted by molar-refractivity contribution is 6.16. The second kappa shape index (κ2) is 7.55. The number of nitrogens with zero attached hydrogens (tertiary/aromatic N) is 5. The summed E-state index contributed by atoms with van der Waals surface area (Å²) in [6, 6.07) is 9.43. The van der Waals surface area contributed by atoms with Crippen LogP contribution in [0.5, 0.6) is 0 Å². The van der Waals surface area contributed by atoms with E-state index in [1.165, 1.54) is 6.92 Å². The number of rotatable bonds is 2. The van der Waals surface area contributed by atoms with Crippen LogP contribution < -0.4 is 4.90 Å². The fraction of sp³-hybridized carbons (Fsp3) is 0.500. The highest BCUT2D eigenvalue weighted by Gasteiger charge is 2.46. The first-order chi connectivity index (χ1) is 14.9. The Morgan fingerprint density at radius 2 is 1.68 bits per heavy atom. The van der Waals surface area contributed by atoms with Gasteiger partial charge in [-0.2, -0.15) is 4.99 Å². The third-order valence-corrected chi connectivity index (χ3v) is 6.69. The molecule has 3 fully saturated rings. The molecule has 1 aromatic carbocycles. The first-order valence-electron chi connectivity index (χ1n) is 10.6. The quantitative estimate of drug-likeness (QED) is 0.711. The predicted molar refractivity (Wildman–Crippen MR) is 112 cm³/mol. The molecule has 0 aliphatic carbocycles. The Morgan fingerprint density at radius 1 is 1.00 bits per heavy atom. The van der Waals surface area contributed by atoms with Gasteiger partial charge >= 0.3 is 0 Å². The predicted octanol–water partition coefficient (Wildman–Crippen LogP) is 1.12. The van der Waals surface area contributed by atoms with Gasteiger partial charge in [-0.15, -0.1) is 0 Å². The first-order valence-corrected chi connectivity index (χ1v) is 10.6. The van der Waals surface area contributed by atoms with Gasteiger partial charge in [0.25, 0.3) is 5.91 Å². The van der Waals surface area contributed by atoms with Crippen molar-refractivity contribution in [2.45, 2.75) is 19.5 Å². The molecule has 3 amide bonds. The summed E-state index contributed by atoms with van der Waals surface area (Å²) in [6.07, 6.45) is -1.51. The van der Waals surface area contributed by atoms with E-state index < -0.39 is 12.1 Å². The van der Waals surface area contributed by atoms with Crippen molar-refractivity contribution in [3.63, 3.8) is 0 Å². The third kappa shape index (κ3) is 3.51. The third-order valence-electron chi connectivity index (χ3n) is 6.69. The van der Waals surface area contributed by atoms with E-state index in [0.29, 0.717) is 32.7 Å². The molecule has 4 unspecified atom stereocenters. The molecule has 8 nitrogen and oxygen atoms in total. The smallest absolute Gasteiger partial charge is 0.289 e. The van der Waals surface area contributed by atoms with Gasteiger partial charge in [-0.3, -0.25) is 14.4 Å². The summed E-state index contributed by atoms with van der Waals surface area (Å²) in [6.45, 7) is 4.41. The van der Waals surface area contributed by atoms with Crippen molar-refractivity contribution in [1.29, 1.82) is 0 Å². The van der Waals surface area contributed by atoms with Gasteiger partial charge in [0.15, 0.2) is 0 Å². The largest absolute Gasteiger partial charge is 0.342 e. The summed E-state index contributed by atoms with van der Waals surface area (Å²) in [5, 5.41) is 0. The minimum absolute atomic E-state index is 0.0190. The zero-order valence-electron chi connectivity index (χ0n) is 17.3. The van der Waals surface area contributed by atoms with Crippen LogP contribution in [0.25, 0.3) is 0 Å². The van der Waals surface area contributed by atoms with Gasteiger partial charge in [-0.1, -0.05) is 18.2 Å². The van der Waals surface area contributed by atoms with Crippen LogP contribution in [0.15, 0.2) is 40.3 Å². The zero-order chi connectivity index (χ0) is 21.7. The van der Waals surface area contributed by atoms with Crippen LogP contribution in [-0.4, -0.2) is 78.1 Å². The Labute approximate surface area is 179 Å². The molecule has 0 aromatic heterocycles. The van der Waals surface area contributed by atoms with Crippen LogP contribution in [0, 0.1) is 17.8 Å². The number of hydrogen-bond donors (Lipinski definition) is 0. The molecule has 4 aliphatic heterocycles. The van der Waals surface area contributed by atoms with E-state index in [2.05, 4.69) is 9.98 Å². The Kier molecular flexibility index (Phi) is 4.83. The lowest BCUT2D eigenvalue weighted by Gasteiger charge is -2.25. The second-order valence-electron chi connectivity index (χ2n) is 8.78. The van der Waals surface area contributed by atoms with Crippen molar-refractivity contribution in [1.82, 2.24) is 9.80 Å². The highest BCUT2D eigenvalue weighted by Crippen LogP contribution is 2.34. The van der Waals surface area contributed by atoms with Gasteiger partial charge in [0, 0.05) is 56.7 Å². The Bertz CT molecular complexity index is 980. The van der Waals surface area contributed by atoms with Gasteiger partial charge < -0.3 is 14.7 Å². The van der Waals surface area contributed by atoms with Gasteiger partial charge in [0.05, 0.1) is 11.6 Å². The van der Waals surface area contributed by atoms with E-state index in [0.717, 1.165) is 5.69 Å². The minimum Gasteiger partial charge on any atom is -0.342 e. The summed E-state index contributed by atoms with van der Waals surface area (Å²) in [5.41, 5.74) is 0.962. The number of aliphatic imine (C=N–C) groups is 2. The fourth-order valence-corrected chi connectivity index (χ4v) is 5.04. The topological polar surface area (TPSA) is 85.7 Å².